The molecule has 2 atom stereocenters. The maximum atomic E-state index is 12.6. The minimum Gasteiger partial charge on any atom is -0.480 e. The molecule has 6 heteroatoms. The molecule has 3 rings (SSSR count). The van der Waals surface area contributed by atoms with E-state index in [1.807, 2.05) is 4.90 Å². The van der Waals surface area contributed by atoms with Crippen LogP contribution in [0.4, 0.5) is 4.79 Å². The van der Waals surface area contributed by atoms with Gasteiger partial charge in [-0.3, -0.25) is 0 Å². The van der Waals surface area contributed by atoms with E-state index in [4.69, 9.17) is 0 Å². The molecule has 0 radical (unpaired) electrons. The topological polar surface area (TPSA) is 81.1 Å². The Kier molecular flexibility index (Phi) is 3.58. The van der Waals surface area contributed by atoms with Gasteiger partial charge in [-0.05, 0) is 37.5 Å². The van der Waals surface area contributed by atoms with E-state index in [1.54, 1.807) is 0 Å². The fourth-order valence-electron chi connectivity index (χ4n) is 2.90. The second-order valence-electron chi connectivity index (χ2n) is 6.47. The summed E-state index contributed by atoms with van der Waals surface area (Å²) >= 11 is 0. The van der Waals surface area contributed by atoms with Gasteiger partial charge in [0.25, 0.3) is 0 Å². The monoisotopic (exact) mass is 282 g/mol. The Morgan fingerprint density at radius 3 is 2.10 bits per heavy atom. The van der Waals surface area contributed by atoms with Gasteiger partial charge in [0.15, 0.2) is 0 Å². The van der Waals surface area contributed by atoms with Crippen LogP contribution in [0.15, 0.2) is 0 Å². The number of nitrogens with zero attached hydrogens (tertiary/aromatic N) is 2. The van der Waals surface area contributed by atoms with E-state index in [0.29, 0.717) is 11.8 Å². The number of hydrogen-bond acceptors (Lipinski definition) is 3. The maximum absolute atomic E-state index is 12.6. The maximum Gasteiger partial charge on any atom is 0.326 e. The Hall–Kier alpha value is -1.30. The zero-order chi connectivity index (χ0) is 14.3. The van der Waals surface area contributed by atoms with Crippen molar-refractivity contribution in [3.8, 4) is 0 Å². The van der Waals surface area contributed by atoms with Crippen molar-refractivity contribution >= 4 is 12.0 Å². The summed E-state index contributed by atoms with van der Waals surface area (Å²) in [5.41, 5.74) is 0. The summed E-state index contributed by atoms with van der Waals surface area (Å²) in [6, 6.07) is -1.08. The predicted molar refractivity (Wildman–Crippen MR) is 71.2 cm³/mol. The molecule has 2 amide bonds. The summed E-state index contributed by atoms with van der Waals surface area (Å²) in [7, 11) is 0. The van der Waals surface area contributed by atoms with Crippen LogP contribution in [0.3, 0.4) is 0 Å². The first-order valence-electron chi connectivity index (χ1n) is 7.51. The molecule has 0 bridgehead atoms. The van der Waals surface area contributed by atoms with Gasteiger partial charge in [-0.15, -0.1) is 0 Å². The molecule has 0 unspecified atom stereocenters. The number of aliphatic hydroxyl groups excluding tert-OH is 1. The highest BCUT2D eigenvalue weighted by atomic mass is 16.4. The van der Waals surface area contributed by atoms with E-state index in [0.717, 1.165) is 13.1 Å². The Labute approximate surface area is 118 Å². The van der Waals surface area contributed by atoms with Gasteiger partial charge in [-0.25, -0.2) is 9.59 Å². The average molecular weight is 282 g/mol. The Balaban J connectivity index is 1.67. The zero-order valence-corrected chi connectivity index (χ0v) is 11.6. The lowest BCUT2D eigenvalue weighted by atomic mass is 10.2. The van der Waals surface area contributed by atoms with E-state index in [2.05, 4.69) is 0 Å². The highest BCUT2D eigenvalue weighted by Gasteiger charge is 2.42. The Morgan fingerprint density at radius 2 is 1.65 bits per heavy atom. The van der Waals surface area contributed by atoms with E-state index in [9.17, 15) is 19.8 Å². The number of rotatable bonds is 5. The van der Waals surface area contributed by atoms with Crippen LogP contribution in [-0.2, 0) is 4.79 Å². The lowest BCUT2D eigenvalue weighted by Crippen LogP contribution is -2.49. The molecule has 2 N–H and O–H groups in total. The van der Waals surface area contributed by atoms with Crippen molar-refractivity contribution in [2.75, 3.05) is 19.6 Å². The SMILES string of the molecule is O=C(O)[C@@H]1C[C@@H](O)CN1C(=O)N(CC1CC1)CC1CC1. The van der Waals surface area contributed by atoms with Crippen molar-refractivity contribution < 1.29 is 19.8 Å². The minimum atomic E-state index is -1.02. The number of carboxylic acid groups (broad SMARTS) is 1. The van der Waals surface area contributed by atoms with Crippen LogP contribution in [0.1, 0.15) is 32.1 Å². The Bertz CT molecular complexity index is 392. The molecule has 3 aliphatic rings. The molecule has 2 aliphatic carbocycles. The van der Waals surface area contributed by atoms with Crippen molar-refractivity contribution in [1.82, 2.24) is 9.80 Å². The molecule has 0 aromatic carbocycles. The van der Waals surface area contributed by atoms with Gasteiger partial charge in [-0.1, -0.05) is 0 Å². The molecule has 0 spiro atoms. The number of aliphatic hydroxyl groups is 1. The van der Waals surface area contributed by atoms with Crippen molar-refractivity contribution in [2.24, 2.45) is 11.8 Å². The lowest BCUT2D eigenvalue weighted by Gasteiger charge is -2.30. The fraction of sp³-hybridized carbons (Fsp3) is 0.857. The number of carbonyl (C=O) groups excluding carboxylic acids is 1. The van der Waals surface area contributed by atoms with Crippen molar-refractivity contribution in [2.45, 2.75) is 44.2 Å². The van der Waals surface area contributed by atoms with Crippen LogP contribution in [0.5, 0.6) is 0 Å². The van der Waals surface area contributed by atoms with Crippen LogP contribution >= 0.6 is 0 Å². The number of amides is 2. The molecule has 1 heterocycles. The van der Waals surface area contributed by atoms with Gasteiger partial charge >= 0.3 is 12.0 Å². The van der Waals surface area contributed by atoms with Crippen LogP contribution in [0, 0.1) is 11.8 Å². The van der Waals surface area contributed by atoms with Gasteiger partial charge in [0.05, 0.1) is 6.10 Å². The number of β-amino-alcohol motifs (C(OH)–C–C–N with tert-alkyl or cyclic N) is 1. The van der Waals surface area contributed by atoms with Gasteiger partial charge in [0.2, 0.25) is 0 Å². The molecular formula is C14H22N2O4. The van der Waals surface area contributed by atoms with E-state index < -0.39 is 18.1 Å². The molecule has 1 aliphatic heterocycles. The first-order chi connectivity index (χ1) is 9.54. The van der Waals surface area contributed by atoms with Crippen LogP contribution < -0.4 is 0 Å². The number of carboxylic acids is 1. The number of carbonyl (C=O) groups is 2. The van der Waals surface area contributed by atoms with Crippen molar-refractivity contribution in [1.29, 1.82) is 0 Å². The van der Waals surface area contributed by atoms with Gasteiger partial charge in [-0.2, -0.15) is 0 Å². The molecule has 3 fully saturated rings. The first-order valence-corrected chi connectivity index (χ1v) is 7.51. The van der Waals surface area contributed by atoms with E-state index in [1.165, 1.54) is 30.6 Å². The molecule has 0 aromatic rings. The van der Waals surface area contributed by atoms with Gasteiger partial charge < -0.3 is 20.0 Å². The van der Waals surface area contributed by atoms with Gasteiger partial charge in [0, 0.05) is 26.1 Å². The Morgan fingerprint density at radius 1 is 1.10 bits per heavy atom. The van der Waals surface area contributed by atoms with Gasteiger partial charge in [0.1, 0.15) is 6.04 Å². The summed E-state index contributed by atoms with van der Waals surface area (Å²) < 4.78 is 0. The predicted octanol–water partition coefficient (Wildman–Crippen LogP) is 0.748. The molecule has 6 nitrogen and oxygen atoms in total. The number of aliphatic carboxylic acids is 1. The van der Waals surface area contributed by atoms with E-state index >= 15 is 0 Å². The highest BCUT2D eigenvalue weighted by Crippen LogP contribution is 2.34. The van der Waals surface area contributed by atoms with Crippen molar-refractivity contribution in [3.63, 3.8) is 0 Å². The molecule has 0 aromatic heterocycles. The quantitative estimate of drug-likeness (QED) is 0.779. The highest BCUT2D eigenvalue weighted by molar-refractivity contribution is 5.83. The largest absolute Gasteiger partial charge is 0.480 e. The summed E-state index contributed by atoms with van der Waals surface area (Å²) in [5.74, 6) is 0.162. The second-order valence-corrected chi connectivity index (χ2v) is 6.47. The fourth-order valence-corrected chi connectivity index (χ4v) is 2.90. The number of hydrogen-bond donors (Lipinski definition) is 2. The van der Waals surface area contributed by atoms with E-state index in [-0.39, 0.29) is 19.0 Å². The lowest BCUT2D eigenvalue weighted by molar-refractivity contribution is -0.141. The minimum absolute atomic E-state index is 0.141. The second kappa shape index (κ2) is 5.24. The molecular weight excluding hydrogens is 260 g/mol. The zero-order valence-electron chi connectivity index (χ0n) is 11.6. The summed E-state index contributed by atoms with van der Waals surface area (Å²) in [4.78, 5) is 27.0. The van der Waals surface area contributed by atoms with Crippen LogP contribution in [0.25, 0.3) is 0 Å². The summed E-state index contributed by atoms with van der Waals surface area (Å²) in [6.45, 7) is 1.63. The molecule has 20 heavy (non-hydrogen) atoms. The molecule has 1 saturated heterocycles. The third-order valence-corrected chi connectivity index (χ3v) is 4.43. The molecule has 2 saturated carbocycles. The molecule has 112 valence electrons. The summed E-state index contributed by atoms with van der Waals surface area (Å²) in [6.07, 6.45) is 4.09. The average Bonchev–Trinajstić information content (AvgIpc) is 3.30. The van der Waals surface area contributed by atoms with Crippen LogP contribution in [-0.4, -0.2) is 63.8 Å². The summed E-state index contributed by atoms with van der Waals surface area (Å²) in [5, 5.41) is 18.9. The number of likely N-dealkylation sites (tertiary alicyclic amines) is 1. The van der Waals surface area contributed by atoms with Crippen LogP contribution in [0.2, 0.25) is 0 Å². The smallest absolute Gasteiger partial charge is 0.326 e. The standard InChI is InChI=1S/C14H22N2O4/c17-11-5-12(13(18)19)16(8-11)14(20)15(6-9-1-2-9)7-10-3-4-10/h9-12,17H,1-8H2,(H,18,19)/t11-,12+/m1/s1. The first kappa shape index (κ1) is 13.7. The number of urea groups is 1. The third kappa shape index (κ3) is 3.06. The normalized spacial score (nSPS) is 29.6. The third-order valence-electron chi connectivity index (χ3n) is 4.43. The van der Waals surface area contributed by atoms with Crippen molar-refractivity contribution in [3.05, 3.63) is 0 Å².